The van der Waals surface area contributed by atoms with E-state index < -0.39 is 0 Å². The number of aromatic amines is 1. The lowest BCUT2D eigenvalue weighted by molar-refractivity contribution is -0.0438. The maximum absolute atomic E-state index is 5.87. The molecular formula is C11H19N3O. The number of aryl methyl sites for hydroxylation is 1. The number of ether oxygens (including phenoxy) is 1. The molecule has 0 aromatic carbocycles. The van der Waals surface area contributed by atoms with Crippen molar-refractivity contribution in [3.63, 3.8) is 0 Å². The highest BCUT2D eigenvalue weighted by Crippen LogP contribution is 2.21. The second kappa shape index (κ2) is 4.77. The number of nitrogens with one attached hydrogen (secondary N) is 1. The summed E-state index contributed by atoms with van der Waals surface area (Å²) in [4.78, 5) is 0. The van der Waals surface area contributed by atoms with Crippen molar-refractivity contribution < 1.29 is 4.74 Å². The lowest BCUT2D eigenvalue weighted by atomic mass is 10.0. The Morgan fingerprint density at radius 3 is 3.00 bits per heavy atom. The Hall–Kier alpha value is -0.870. The van der Waals surface area contributed by atoms with Gasteiger partial charge in [-0.15, -0.1) is 0 Å². The molecule has 2 atom stereocenters. The van der Waals surface area contributed by atoms with Gasteiger partial charge in [-0.3, -0.25) is 5.10 Å². The highest BCUT2D eigenvalue weighted by Gasteiger charge is 2.22. The van der Waals surface area contributed by atoms with Crippen molar-refractivity contribution in [1.82, 2.24) is 10.2 Å². The first-order chi connectivity index (χ1) is 7.28. The molecule has 2 unspecified atom stereocenters. The molecule has 1 aromatic rings. The monoisotopic (exact) mass is 209 g/mol. The van der Waals surface area contributed by atoms with E-state index in [1.807, 2.05) is 6.92 Å². The van der Waals surface area contributed by atoms with Gasteiger partial charge in [-0.1, -0.05) is 0 Å². The van der Waals surface area contributed by atoms with Gasteiger partial charge < -0.3 is 10.5 Å². The van der Waals surface area contributed by atoms with Crippen molar-refractivity contribution in [1.29, 1.82) is 0 Å². The lowest BCUT2D eigenvalue weighted by Gasteiger charge is -2.28. The molecule has 1 aliphatic rings. The third kappa shape index (κ3) is 2.79. The van der Waals surface area contributed by atoms with Crippen LogP contribution in [0.1, 0.15) is 30.7 Å². The van der Waals surface area contributed by atoms with Gasteiger partial charge in [-0.05, 0) is 32.3 Å². The lowest BCUT2D eigenvalue weighted by Crippen LogP contribution is -2.34. The molecule has 0 amide bonds. The van der Waals surface area contributed by atoms with Crippen LogP contribution < -0.4 is 5.73 Å². The SMILES string of the molecule is Cc1cc(CC2CCCC(CN)O2)n[nH]1. The van der Waals surface area contributed by atoms with Crippen LogP contribution in [0.2, 0.25) is 0 Å². The standard InChI is InChI=1S/C11H19N3O/c1-8-5-9(14-13-8)6-10-3-2-4-11(7-12)15-10/h5,10-11H,2-4,6-7,12H2,1H3,(H,13,14). The molecule has 3 N–H and O–H groups in total. The topological polar surface area (TPSA) is 63.9 Å². The Morgan fingerprint density at radius 2 is 2.33 bits per heavy atom. The summed E-state index contributed by atoms with van der Waals surface area (Å²) in [7, 11) is 0. The third-order valence-corrected chi connectivity index (χ3v) is 2.90. The fourth-order valence-electron chi connectivity index (χ4n) is 2.12. The van der Waals surface area contributed by atoms with Crippen LogP contribution in [-0.2, 0) is 11.2 Å². The molecule has 0 saturated carbocycles. The van der Waals surface area contributed by atoms with Gasteiger partial charge in [0.15, 0.2) is 0 Å². The van der Waals surface area contributed by atoms with Gasteiger partial charge in [0.25, 0.3) is 0 Å². The minimum atomic E-state index is 0.254. The van der Waals surface area contributed by atoms with E-state index in [9.17, 15) is 0 Å². The third-order valence-electron chi connectivity index (χ3n) is 2.90. The maximum Gasteiger partial charge on any atom is 0.0701 e. The summed E-state index contributed by atoms with van der Waals surface area (Å²) in [6.07, 6.45) is 4.91. The van der Waals surface area contributed by atoms with E-state index in [1.165, 1.54) is 6.42 Å². The number of rotatable bonds is 3. The van der Waals surface area contributed by atoms with Crippen LogP contribution in [0.15, 0.2) is 6.07 Å². The van der Waals surface area contributed by atoms with E-state index in [-0.39, 0.29) is 6.10 Å². The quantitative estimate of drug-likeness (QED) is 0.785. The normalized spacial score (nSPS) is 26.8. The Balaban J connectivity index is 1.88. The van der Waals surface area contributed by atoms with Gasteiger partial charge in [0.05, 0.1) is 17.9 Å². The van der Waals surface area contributed by atoms with Crippen LogP contribution in [-0.4, -0.2) is 29.0 Å². The van der Waals surface area contributed by atoms with E-state index in [1.54, 1.807) is 0 Å². The van der Waals surface area contributed by atoms with E-state index >= 15 is 0 Å². The van der Waals surface area contributed by atoms with Gasteiger partial charge >= 0.3 is 0 Å². The highest BCUT2D eigenvalue weighted by molar-refractivity contribution is 5.07. The molecule has 2 rings (SSSR count). The first-order valence-electron chi connectivity index (χ1n) is 5.64. The number of hydrogen-bond acceptors (Lipinski definition) is 3. The second-order valence-electron chi connectivity index (χ2n) is 4.29. The molecule has 1 saturated heterocycles. The van der Waals surface area contributed by atoms with Crippen molar-refractivity contribution in [3.8, 4) is 0 Å². The average Bonchev–Trinajstić information content (AvgIpc) is 2.64. The van der Waals surface area contributed by atoms with Crippen LogP contribution >= 0.6 is 0 Å². The van der Waals surface area contributed by atoms with E-state index in [0.717, 1.165) is 30.7 Å². The van der Waals surface area contributed by atoms with Gasteiger partial charge in [0.2, 0.25) is 0 Å². The number of aromatic nitrogens is 2. The van der Waals surface area contributed by atoms with E-state index in [2.05, 4.69) is 16.3 Å². The maximum atomic E-state index is 5.87. The van der Waals surface area contributed by atoms with Crippen LogP contribution in [0.25, 0.3) is 0 Å². The summed E-state index contributed by atoms with van der Waals surface area (Å²) < 4.78 is 5.87. The van der Waals surface area contributed by atoms with Gasteiger partial charge in [0.1, 0.15) is 0 Å². The molecule has 15 heavy (non-hydrogen) atoms. The van der Waals surface area contributed by atoms with Crippen molar-refractivity contribution >= 4 is 0 Å². The van der Waals surface area contributed by atoms with Crippen molar-refractivity contribution in [2.45, 2.75) is 44.8 Å². The highest BCUT2D eigenvalue weighted by atomic mass is 16.5. The van der Waals surface area contributed by atoms with Crippen LogP contribution in [0.4, 0.5) is 0 Å². The minimum Gasteiger partial charge on any atom is -0.373 e. The van der Waals surface area contributed by atoms with Crippen LogP contribution in [0.3, 0.4) is 0 Å². The van der Waals surface area contributed by atoms with E-state index in [0.29, 0.717) is 12.6 Å². The first-order valence-corrected chi connectivity index (χ1v) is 5.64. The van der Waals surface area contributed by atoms with Gasteiger partial charge in [-0.2, -0.15) is 5.10 Å². The minimum absolute atomic E-state index is 0.254. The Kier molecular flexibility index (Phi) is 3.38. The molecule has 1 fully saturated rings. The summed E-state index contributed by atoms with van der Waals surface area (Å²) in [6.45, 7) is 2.65. The summed E-state index contributed by atoms with van der Waals surface area (Å²) >= 11 is 0. The fraction of sp³-hybridized carbons (Fsp3) is 0.727. The number of hydrogen-bond donors (Lipinski definition) is 2. The molecule has 4 nitrogen and oxygen atoms in total. The smallest absolute Gasteiger partial charge is 0.0701 e. The van der Waals surface area contributed by atoms with Crippen LogP contribution in [0, 0.1) is 6.92 Å². The molecule has 2 heterocycles. The van der Waals surface area contributed by atoms with Crippen molar-refractivity contribution in [2.75, 3.05) is 6.54 Å². The average molecular weight is 209 g/mol. The summed E-state index contributed by atoms with van der Waals surface area (Å²) in [5, 5.41) is 7.18. The van der Waals surface area contributed by atoms with Crippen molar-refractivity contribution in [2.24, 2.45) is 5.73 Å². The zero-order valence-corrected chi connectivity index (χ0v) is 9.20. The van der Waals surface area contributed by atoms with Crippen LogP contribution in [0.5, 0.6) is 0 Å². The Labute approximate surface area is 90.2 Å². The van der Waals surface area contributed by atoms with Gasteiger partial charge in [-0.25, -0.2) is 0 Å². The molecule has 0 radical (unpaired) electrons. The van der Waals surface area contributed by atoms with Crippen molar-refractivity contribution in [3.05, 3.63) is 17.5 Å². The molecule has 1 aromatic heterocycles. The summed E-state index contributed by atoms with van der Waals surface area (Å²) in [5.74, 6) is 0. The Morgan fingerprint density at radius 1 is 1.53 bits per heavy atom. The second-order valence-corrected chi connectivity index (χ2v) is 4.29. The largest absolute Gasteiger partial charge is 0.373 e. The molecule has 1 aliphatic heterocycles. The Bertz CT molecular complexity index is 311. The number of H-pyrrole nitrogens is 1. The van der Waals surface area contributed by atoms with Gasteiger partial charge in [0, 0.05) is 18.7 Å². The zero-order chi connectivity index (χ0) is 10.7. The zero-order valence-electron chi connectivity index (χ0n) is 9.20. The summed E-state index contributed by atoms with van der Waals surface area (Å²) in [6, 6.07) is 2.08. The predicted octanol–water partition coefficient (Wildman–Crippen LogP) is 1.16. The molecule has 84 valence electrons. The fourth-order valence-corrected chi connectivity index (χ4v) is 2.12. The molecule has 0 aliphatic carbocycles. The predicted molar refractivity (Wildman–Crippen MR) is 58.6 cm³/mol. The number of nitrogens with two attached hydrogens (primary N) is 1. The first kappa shape index (κ1) is 10.6. The number of nitrogens with zero attached hydrogens (tertiary/aromatic N) is 1. The summed E-state index contributed by atoms with van der Waals surface area (Å²) in [5.41, 5.74) is 7.82. The molecule has 0 bridgehead atoms. The molecular weight excluding hydrogens is 190 g/mol. The molecule has 0 spiro atoms. The molecule has 4 heteroatoms. The van der Waals surface area contributed by atoms with E-state index in [4.69, 9.17) is 10.5 Å².